The van der Waals surface area contributed by atoms with E-state index in [9.17, 15) is 61.9 Å². The number of aliphatic carboxylic acids is 1. The van der Waals surface area contributed by atoms with Crippen molar-refractivity contribution in [2.45, 2.75) is 59.4 Å². The van der Waals surface area contributed by atoms with Crippen LogP contribution >= 0.6 is 0 Å². The molecule has 0 aromatic heterocycles. The van der Waals surface area contributed by atoms with Crippen molar-refractivity contribution >= 4 is 26.0 Å². The summed E-state index contributed by atoms with van der Waals surface area (Å²) in [4.78, 5) is 10.9. The van der Waals surface area contributed by atoms with E-state index >= 15 is 0 Å². The fraction of sp³-hybridized carbons (Fsp3) is 0.500. The summed E-state index contributed by atoms with van der Waals surface area (Å²) in [5.41, 5.74) is -8.39. The molecule has 242 valence electrons. The van der Waals surface area contributed by atoms with E-state index < -0.39 is 102 Å². The minimum Gasteiger partial charge on any atom is -0.481 e. The van der Waals surface area contributed by atoms with E-state index in [1.165, 1.54) is 0 Å². The number of fused-ring (bicyclic) bond motifs is 3. The Bertz CT molecular complexity index is 1670. The highest BCUT2D eigenvalue weighted by molar-refractivity contribution is 7.92. The molecule has 2 aromatic rings. The molecule has 0 radical (unpaired) electrons. The van der Waals surface area contributed by atoms with Gasteiger partial charge < -0.3 is 5.11 Å². The largest absolute Gasteiger partial charge is 0.481 e. The number of hydrogen-bond donors (Lipinski definition) is 1. The molecule has 2 saturated heterocycles. The Morgan fingerprint density at radius 1 is 0.864 bits per heavy atom. The third kappa shape index (κ3) is 4.62. The Labute approximate surface area is 246 Å². The molecule has 8 nitrogen and oxygen atoms in total. The lowest BCUT2D eigenvalue weighted by molar-refractivity contribution is -0.348. The highest BCUT2D eigenvalue weighted by Gasteiger charge is 2.74. The van der Waals surface area contributed by atoms with Crippen LogP contribution in [0.2, 0.25) is 0 Å². The number of carboxylic acid groups (broad SMARTS) is 1. The number of halogens is 8. The first-order chi connectivity index (χ1) is 20.2. The molecule has 44 heavy (non-hydrogen) atoms. The molecule has 5 rings (SSSR count). The first kappa shape index (κ1) is 32.6. The Morgan fingerprint density at radius 3 is 1.95 bits per heavy atom. The van der Waals surface area contributed by atoms with Crippen LogP contribution in [0.1, 0.15) is 36.0 Å². The van der Waals surface area contributed by atoms with Crippen molar-refractivity contribution in [3.05, 3.63) is 65.0 Å². The molecule has 0 bridgehead atoms. The lowest BCUT2D eigenvalue weighted by Crippen LogP contribution is -2.53. The van der Waals surface area contributed by atoms with Crippen molar-refractivity contribution in [1.29, 1.82) is 0 Å². The Balaban J connectivity index is 1.65. The van der Waals surface area contributed by atoms with E-state index in [4.69, 9.17) is 0 Å². The molecule has 0 spiro atoms. The number of carboxylic acids is 1. The van der Waals surface area contributed by atoms with Crippen molar-refractivity contribution in [2.75, 3.05) is 19.6 Å². The molecule has 2 heterocycles. The molecule has 2 atom stereocenters. The summed E-state index contributed by atoms with van der Waals surface area (Å²) in [5, 5.41) is 9.26. The summed E-state index contributed by atoms with van der Waals surface area (Å²) in [6.45, 7) is -0.899. The van der Waals surface area contributed by atoms with Crippen molar-refractivity contribution in [2.24, 2.45) is 5.92 Å². The van der Waals surface area contributed by atoms with Gasteiger partial charge in [-0.15, -0.1) is 0 Å². The van der Waals surface area contributed by atoms with E-state index in [2.05, 4.69) is 0 Å². The second-order valence-electron chi connectivity index (χ2n) is 11.0. The van der Waals surface area contributed by atoms with Gasteiger partial charge in [-0.25, -0.2) is 17.2 Å². The Morgan fingerprint density at radius 2 is 1.43 bits per heavy atom. The van der Waals surface area contributed by atoms with Crippen LogP contribution in [0.5, 0.6) is 0 Å². The van der Waals surface area contributed by atoms with Crippen molar-refractivity contribution in [3.63, 3.8) is 0 Å². The summed E-state index contributed by atoms with van der Waals surface area (Å²) in [7, 11) is -9.26. The summed E-state index contributed by atoms with van der Waals surface area (Å²) < 4.78 is 165. The summed E-state index contributed by atoms with van der Waals surface area (Å²) >= 11 is 0. The molecule has 0 saturated carbocycles. The SMILES string of the molecule is O=C(O)C1CCN(S(=O)(=O)N2CCC3(S(=O)(=O)c4ccc(F)cc4)c4ccc(C(F)(C(F)(F)F)C(F)(F)F)cc4CC23)CC1. The van der Waals surface area contributed by atoms with Gasteiger partial charge in [0.2, 0.25) is 0 Å². The van der Waals surface area contributed by atoms with E-state index in [-0.39, 0.29) is 43.6 Å². The number of rotatable bonds is 6. The van der Waals surface area contributed by atoms with Crippen LogP contribution < -0.4 is 0 Å². The Kier molecular flexibility index (Phi) is 7.66. The zero-order chi connectivity index (χ0) is 32.7. The smallest absolute Gasteiger partial charge is 0.435 e. The van der Waals surface area contributed by atoms with E-state index in [0.29, 0.717) is 6.07 Å². The molecular weight excluding hydrogens is 652 g/mol. The molecule has 2 aromatic carbocycles. The standard InChI is InChI=1S/C26H24F8N2O6S2/c27-18-2-4-19(5-3-18)43(39,40)23-9-12-36(44(41,42)35-10-7-15(8-11-35)22(37)38)21(23)14-16-13-17(1-6-20(16)23)24(28,25(29,30)31)26(32,33)34/h1-6,13,15,21H,7-12,14H2,(H,37,38). The fourth-order valence-corrected chi connectivity index (χ4v) is 10.8. The van der Waals surface area contributed by atoms with Crippen LogP contribution in [-0.2, 0) is 41.7 Å². The van der Waals surface area contributed by atoms with Gasteiger partial charge in [-0.2, -0.15) is 43.4 Å². The van der Waals surface area contributed by atoms with Gasteiger partial charge in [0.25, 0.3) is 10.2 Å². The van der Waals surface area contributed by atoms with Gasteiger partial charge in [0.15, 0.2) is 9.84 Å². The third-order valence-corrected chi connectivity index (χ3v) is 13.4. The molecule has 2 aliphatic heterocycles. The van der Waals surface area contributed by atoms with Gasteiger partial charge in [-0.3, -0.25) is 4.79 Å². The quantitative estimate of drug-likeness (QED) is 0.358. The van der Waals surface area contributed by atoms with Crippen molar-refractivity contribution in [3.8, 4) is 0 Å². The van der Waals surface area contributed by atoms with Gasteiger partial charge >= 0.3 is 24.0 Å². The lowest BCUT2D eigenvalue weighted by atomic mass is 9.90. The summed E-state index contributed by atoms with van der Waals surface area (Å²) in [6, 6.07) is 2.95. The zero-order valence-corrected chi connectivity index (χ0v) is 24.0. The topological polar surface area (TPSA) is 112 Å². The summed E-state index contributed by atoms with van der Waals surface area (Å²) in [6.07, 6.45) is -14.1. The van der Waals surface area contributed by atoms with Crippen LogP contribution in [0.15, 0.2) is 47.4 Å². The first-order valence-electron chi connectivity index (χ1n) is 13.2. The van der Waals surface area contributed by atoms with Crippen LogP contribution in [0.25, 0.3) is 0 Å². The number of nitrogens with zero attached hydrogens (tertiary/aromatic N) is 2. The maximum absolute atomic E-state index is 15.0. The number of carbonyl (C=O) groups is 1. The molecule has 1 N–H and O–H groups in total. The number of piperidine rings is 1. The first-order valence-corrected chi connectivity index (χ1v) is 16.0. The average molecular weight is 677 g/mol. The van der Waals surface area contributed by atoms with Gasteiger partial charge in [0.1, 0.15) is 10.6 Å². The van der Waals surface area contributed by atoms with Gasteiger partial charge in [0, 0.05) is 25.2 Å². The maximum Gasteiger partial charge on any atom is 0.435 e. The van der Waals surface area contributed by atoms with Crippen LogP contribution in [0.4, 0.5) is 35.1 Å². The highest BCUT2D eigenvalue weighted by atomic mass is 32.2. The molecule has 2 fully saturated rings. The van der Waals surface area contributed by atoms with Gasteiger partial charge in [-0.05, 0) is 61.1 Å². The van der Waals surface area contributed by atoms with Gasteiger partial charge in [-0.1, -0.05) is 18.2 Å². The number of alkyl halides is 7. The second kappa shape index (κ2) is 10.3. The lowest BCUT2D eigenvalue weighted by Gasteiger charge is -2.36. The van der Waals surface area contributed by atoms with E-state index in [0.717, 1.165) is 32.9 Å². The van der Waals surface area contributed by atoms with Crippen molar-refractivity contribution in [1.82, 2.24) is 8.61 Å². The molecule has 0 amide bonds. The van der Waals surface area contributed by atoms with E-state index in [1.807, 2.05) is 0 Å². The molecular formula is C26H24F8N2O6S2. The predicted octanol–water partition coefficient (Wildman–Crippen LogP) is 4.46. The normalized spacial score (nSPS) is 24.3. The monoisotopic (exact) mass is 676 g/mol. The molecule has 3 aliphatic rings. The minimum absolute atomic E-state index is 0.0524. The molecule has 18 heteroatoms. The maximum atomic E-state index is 15.0. The third-order valence-electron chi connectivity index (χ3n) is 8.77. The average Bonchev–Trinajstić information content (AvgIpc) is 3.47. The number of sulfone groups is 1. The second-order valence-corrected chi connectivity index (χ2v) is 15.1. The predicted molar refractivity (Wildman–Crippen MR) is 136 cm³/mol. The van der Waals surface area contributed by atoms with Crippen LogP contribution in [0.3, 0.4) is 0 Å². The highest BCUT2D eigenvalue weighted by Crippen LogP contribution is 2.58. The minimum atomic E-state index is -6.44. The number of hydrogen-bond acceptors (Lipinski definition) is 5. The molecule has 2 unspecified atom stereocenters. The summed E-state index contributed by atoms with van der Waals surface area (Å²) in [5.74, 6) is -2.76. The zero-order valence-electron chi connectivity index (χ0n) is 22.4. The Hall–Kier alpha value is -2.83. The van der Waals surface area contributed by atoms with Crippen LogP contribution in [-0.4, -0.2) is 74.6 Å². The van der Waals surface area contributed by atoms with Crippen LogP contribution in [0, 0.1) is 11.7 Å². The van der Waals surface area contributed by atoms with Gasteiger partial charge in [0.05, 0.1) is 16.9 Å². The number of benzene rings is 2. The van der Waals surface area contributed by atoms with Crippen molar-refractivity contribution < 1.29 is 61.9 Å². The van der Waals surface area contributed by atoms with E-state index in [1.54, 1.807) is 0 Å². The molecule has 1 aliphatic carbocycles. The fourth-order valence-electron chi connectivity index (χ4n) is 6.54.